The van der Waals surface area contributed by atoms with Gasteiger partial charge in [0.05, 0.1) is 6.67 Å². The van der Waals surface area contributed by atoms with Crippen molar-refractivity contribution in [3.63, 3.8) is 0 Å². The van der Waals surface area contributed by atoms with E-state index in [1.54, 1.807) is 0 Å². The average Bonchev–Trinajstić information content (AvgIpc) is 3.66. The molecule has 7 rings (SSSR count). The molecule has 258 valence electrons. The third-order valence-electron chi connectivity index (χ3n) is 11.3. The summed E-state index contributed by atoms with van der Waals surface area (Å²) in [7, 11) is 0. The number of hydrogen-bond acceptors (Lipinski definition) is 2. The molecule has 6 aromatic rings. The Labute approximate surface area is 306 Å². The van der Waals surface area contributed by atoms with Crippen LogP contribution in [-0.2, 0) is 0 Å². The summed E-state index contributed by atoms with van der Waals surface area (Å²) in [5.74, 6) is 1.05. The Morgan fingerprint density at radius 3 is 0.843 bits per heavy atom. The first-order valence-corrected chi connectivity index (χ1v) is 18.8. The monoisotopic (exact) mass is 668 g/mol. The van der Waals surface area contributed by atoms with Gasteiger partial charge in [0.25, 0.3) is 0 Å². The summed E-state index contributed by atoms with van der Waals surface area (Å²) in [4.78, 5) is 5.38. The Hall–Kier alpha value is -5.08. The highest BCUT2D eigenvalue weighted by molar-refractivity contribution is 5.71. The van der Waals surface area contributed by atoms with Gasteiger partial charge in [0, 0.05) is 48.1 Å². The predicted octanol–water partition coefficient (Wildman–Crippen LogP) is 12.2. The molecule has 2 nitrogen and oxygen atoms in total. The van der Waals surface area contributed by atoms with Crippen molar-refractivity contribution >= 4 is 11.4 Å². The van der Waals surface area contributed by atoms with Gasteiger partial charge in [-0.05, 0) is 58.4 Å². The van der Waals surface area contributed by atoms with Gasteiger partial charge in [0.1, 0.15) is 0 Å². The van der Waals surface area contributed by atoms with Crippen molar-refractivity contribution in [3.8, 4) is 0 Å². The van der Waals surface area contributed by atoms with E-state index in [9.17, 15) is 0 Å². The third kappa shape index (κ3) is 7.10. The summed E-state index contributed by atoms with van der Waals surface area (Å²) in [5, 5.41) is 0. The third-order valence-corrected chi connectivity index (χ3v) is 11.3. The Morgan fingerprint density at radius 1 is 0.373 bits per heavy atom. The molecule has 0 aliphatic carbocycles. The highest BCUT2D eigenvalue weighted by Crippen LogP contribution is 2.45. The molecule has 0 radical (unpaired) electrons. The summed E-state index contributed by atoms with van der Waals surface area (Å²) in [6, 6.07) is 54.0. The molecular formula is C49H52N2. The quantitative estimate of drug-likeness (QED) is 0.143. The molecule has 0 N–H and O–H groups in total. The van der Waals surface area contributed by atoms with Crippen molar-refractivity contribution in [1.29, 1.82) is 0 Å². The summed E-state index contributed by atoms with van der Waals surface area (Å²) in [5.41, 5.74) is 16.5. The smallest absolute Gasteiger partial charge is 0.0904 e. The van der Waals surface area contributed by atoms with E-state index in [0.29, 0.717) is 0 Å². The second kappa shape index (κ2) is 15.0. The van der Waals surface area contributed by atoms with Crippen LogP contribution >= 0.6 is 0 Å². The van der Waals surface area contributed by atoms with E-state index < -0.39 is 0 Å². The fourth-order valence-electron chi connectivity index (χ4n) is 8.36. The van der Waals surface area contributed by atoms with Gasteiger partial charge in [-0.25, -0.2) is 0 Å². The predicted molar refractivity (Wildman–Crippen MR) is 218 cm³/mol. The van der Waals surface area contributed by atoms with Crippen LogP contribution in [0.5, 0.6) is 0 Å². The van der Waals surface area contributed by atoms with E-state index in [1.807, 2.05) is 0 Å². The van der Waals surface area contributed by atoms with E-state index in [-0.39, 0.29) is 23.7 Å². The molecule has 1 aliphatic heterocycles. The van der Waals surface area contributed by atoms with Gasteiger partial charge in [0.15, 0.2) is 0 Å². The molecule has 1 heterocycles. The summed E-state index contributed by atoms with van der Waals surface area (Å²) in [6.07, 6.45) is 0. The van der Waals surface area contributed by atoms with E-state index >= 15 is 0 Å². The van der Waals surface area contributed by atoms with Gasteiger partial charge in [-0.15, -0.1) is 0 Å². The second-order valence-corrected chi connectivity index (χ2v) is 14.8. The molecule has 0 aromatic heterocycles. The molecule has 2 unspecified atom stereocenters. The largest absolute Gasteiger partial charge is 0.352 e. The average molecular weight is 669 g/mol. The molecule has 4 atom stereocenters. The highest BCUT2D eigenvalue weighted by atomic mass is 15.4. The van der Waals surface area contributed by atoms with Crippen molar-refractivity contribution in [2.75, 3.05) is 29.6 Å². The van der Waals surface area contributed by atoms with Crippen LogP contribution in [0.3, 0.4) is 0 Å². The summed E-state index contributed by atoms with van der Waals surface area (Å²) < 4.78 is 0. The summed E-state index contributed by atoms with van der Waals surface area (Å²) in [6.45, 7) is 16.9. The van der Waals surface area contributed by atoms with Crippen LogP contribution in [0, 0.1) is 13.8 Å². The van der Waals surface area contributed by atoms with Crippen molar-refractivity contribution < 1.29 is 0 Å². The topological polar surface area (TPSA) is 6.48 Å². The zero-order chi connectivity index (χ0) is 35.5. The standard InChI is InChI=1S/C49H52N2/c1-34-29-44(36(3)40-19-11-7-12-20-40)48(45(30-34)37(4)41-21-13-8-14-22-41)50-27-28-51(33-50)49-46(38(5)42-23-15-9-16-24-42)31-35(2)32-47(49)39(6)43-25-17-10-18-26-43/h7-26,29-32,36-39H,27-28,33H2,1-6H3/t36-,37?,38-,39?/m0/s1. The maximum Gasteiger partial charge on any atom is 0.0904 e. The Bertz CT molecular complexity index is 1770. The first-order chi connectivity index (χ1) is 24.8. The Balaban J connectivity index is 1.37. The number of aryl methyl sites for hydroxylation is 2. The van der Waals surface area contributed by atoms with Gasteiger partial charge in [0.2, 0.25) is 0 Å². The minimum absolute atomic E-state index is 0.263. The fraction of sp³-hybridized carbons (Fsp3) is 0.265. The lowest BCUT2D eigenvalue weighted by Crippen LogP contribution is -2.29. The number of rotatable bonds is 10. The van der Waals surface area contributed by atoms with E-state index in [1.165, 1.54) is 67.0 Å². The van der Waals surface area contributed by atoms with Gasteiger partial charge >= 0.3 is 0 Å². The van der Waals surface area contributed by atoms with Crippen LogP contribution in [0.2, 0.25) is 0 Å². The van der Waals surface area contributed by atoms with E-state index in [2.05, 4.69) is 197 Å². The fourth-order valence-corrected chi connectivity index (χ4v) is 8.36. The lowest BCUT2D eigenvalue weighted by molar-refractivity contribution is 0.830. The van der Waals surface area contributed by atoms with Crippen molar-refractivity contribution in [2.45, 2.75) is 65.2 Å². The summed E-state index contributed by atoms with van der Waals surface area (Å²) >= 11 is 0. The normalized spacial score (nSPS) is 15.4. The minimum Gasteiger partial charge on any atom is -0.352 e. The molecule has 0 spiro atoms. The van der Waals surface area contributed by atoms with E-state index in [0.717, 1.165) is 19.8 Å². The van der Waals surface area contributed by atoms with Crippen LogP contribution in [0.15, 0.2) is 146 Å². The van der Waals surface area contributed by atoms with Crippen molar-refractivity contribution in [3.05, 3.63) is 201 Å². The van der Waals surface area contributed by atoms with Crippen molar-refractivity contribution in [2.24, 2.45) is 0 Å². The van der Waals surface area contributed by atoms with Crippen LogP contribution in [0.1, 0.15) is 107 Å². The zero-order valence-corrected chi connectivity index (χ0v) is 31.2. The van der Waals surface area contributed by atoms with Crippen LogP contribution in [0.4, 0.5) is 11.4 Å². The molecule has 0 bridgehead atoms. The number of hydrogen-bond donors (Lipinski definition) is 0. The molecule has 0 saturated carbocycles. The molecule has 0 amide bonds. The van der Waals surface area contributed by atoms with Crippen LogP contribution in [0.25, 0.3) is 0 Å². The SMILES string of the molecule is Cc1cc(C(C)c2ccccc2)c(N2CCN(c3c(C(C)c4ccccc4)cc(C)cc3[C@@H](C)c3ccccc3)C2)c([C@@H](C)c2ccccc2)c1. The zero-order valence-electron chi connectivity index (χ0n) is 31.2. The Kier molecular flexibility index (Phi) is 10.1. The number of nitrogens with zero attached hydrogens (tertiary/aromatic N) is 2. The van der Waals surface area contributed by atoms with E-state index in [4.69, 9.17) is 0 Å². The maximum atomic E-state index is 2.69. The number of anilines is 2. The highest BCUT2D eigenvalue weighted by Gasteiger charge is 2.32. The van der Waals surface area contributed by atoms with Gasteiger partial charge in [-0.3, -0.25) is 0 Å². The molecular weight excluding hydrogens is 617 g/mol. The molecule has 1 saturated heterocycles. The molecule has 51 heavy (non-hydrogen) atoms. The first-order valence-electron chi connectivity index (χ1n) is 18.8. The maximum absolute atomic E-state index is 2.69. The first kappa shape index (κ1) is 34.4. The molecule has 2 heteroatoms. The molecule has 6 aromatic carbocycles. The lowest BCUT2D eigenvalue weighted by Gasteiger charge is -2.33. The molecule has 1 aliphatic rings. The number of benzene rings is 6. The van der Waals surface area contributed by atoms with Crippen LogP contribution in [-0.4, -0.2) is 19.8 Å². The van der Waals surface area contributed by atoms with Crippen LogP contribution < -0.4 is 9.80 Å². The Morgan fingerprint density at radius 2 is 0.608 bits per heavy atom. The van der Waals surface area contributed by atoms with Gasteiger partial charge in [-0.2, -0.15) is 0 Å². The second-order valence-electron chi connectivity index (χ2n) is 14.8. The molecule has 1 fully saturated rings. The van der Waals surface area contributed by atoms with Crippen molar-refractivity contribution in [1.82, 2.24) is 0 Å². The van der Waals surface area contributed by atoms with Gasteiger partial charge < -0.3 is 9.80 Å². The van der Waals surface area contributed by atoms with Gasteiger partial charge in [-0.1, -0.05) is 184 Å². The minimum atomic E-state index is 0.263. The lowest BCUT2D eigenvalue weighted by atomic mass is 9.83.